The van der Waals surface area contributed by atoms with Gasteiger partial charge in [0.2, 0.25) is 10.0 Å². The minimum atomic E-state index is -3.46. The number of halogens is 2. The molecule has 2 aromatic carbocycles. The molecule has 0 radical (unpaired) electrons. The van der Waals surface area contributed by atoms with Crippen LogP contribution in [0.2, 0.25) is 0 Å². The monoisotopic (exact) mass is 525 g/mol. The van der Waals surface area contributed by atoms with Crippen molar-refractivity contribution in [1.29, 1.82) is 0 Å². The Hall–Kier alpha value is -2.97. The van der Waals surface area contributed by atoms with Gasteiger partial charge in [0.05, 0.1) is 17.1 Å². The molecule has 0 unspecified atom stereocenters. The second kappa shape index (κ2) is 10.4. The van der Waals surface area contributed by atoms with Gasteiger partial charge in [-0.2, -0.15) is 0 Å². The van der Waals surface area contributed by atoms with E-state index in [2.05, 4.69) is 18.4 Å². The van der Waals surface area contributed by atoms with E-state index in [0.29, 0.717) is 24.9 Å². The van der Waals surface area contributed by atoms with Gasteiger partial charge in [-0.05, 0) is 79.1 Å². The molecule has 37 heavy (non-hydrogen) atoms. The number of hydrazine groups is 1. The molecule has 0 fully saturated rings. The normalized spacial score (nSPS) is 21.1. The van der Waals surface area contributed by atoms with Gasteiger partial charge in [-0.15, -0.1) is 0 Å². The molecule has 196 valence electrons. The summed E-state index contributed by atoms with van der Waals surface area (Å²) in [5.41, 5.74) is 9.43. The molecule has 5 nitrogen and oxygen atoms in total. The quantitative estimate of drug-likeness (QED) is 0.457. The summed E-state index contributed by atoms with van der Waals surface area (Å²) in [6.45, 7) is 4.71. The van der Waals surface area contributed by atoms with Crippen LogP contribution in [0.25, 0.3) is 0 Å². The van der Waals surface area contributed by atoms with Gasteiger partial charge in [0.15, 0.2) is 0 Å². The standard InChI is InChI=1S/C29H33F2N3O2S/c1-3-16-37(35,36)33(15-14-21-6-4-5-7-27(21)31)19-23-9-8-22-17-28-26(20(2)29(22)23)18-32-34(28)25-12-10-24(30)11-13-25/h4-7,10-13,17-18,20,23,32H,3,8-9,14-16,19H2,1-2H3/t20-,23+/m0/s1. The number of benzene rings is 2. The highest BCUT2D eigenvalue weighted by Crippen LogP contribution is 2.48. The van der Waals surface area contributed by atoms with Crippen molar-refractivity contribution < 1.29 is 17.2 Å². The van der Waals surface area contributed by atoms with Crippen LogP contribution in [-0.4, -0.2) is 31.6 Å². The number of anilines is 1. The zero-order valence-electron chi connectivity index (χ0n) is 21.3. The lowest BCUT2D eigenvalue weighted by molar-refractivity contribution is 0.356. The van der Waals surface area contributed by atoms with Crippen LogP contribution < -0.4 is 10.4 Å². The molecule has 0 aromatic heterocycles. The van der Waals surface area contributed by atoms with Crippen LogP contribution in [0.5, 0.6) is 0 Å². The number of fused-ring (bicyclic) bond motifs is 1. The molecule has 1 aliphatic heterocycles. The maximum Gasteiger partial charge on any atom is 0.214 e. The smallest absolute Gasteiger partial charge is 0.214 e. The van der Waals surface area contributed by atoms with E-state index in [1.165, 1.54) is 29.3 Å². The van der Waals surface area contributed by atoms with Crippen LogP contribution in [0, 0.1) is 23.5 Å². The first kappa shape index (κ1) is 25.7. The van der Waals surface area contributed by atoms with Crippen molar-refractivity contribution in [3.8, 4) is 0 Å². The molecule has 0 spiro atoms. The first-order chi connectivity index (χ1) is 17.8. The zero-order chi connectivity index (χ0) is 26.2. The van der Waals surface area contributed by atoms with Gasteiger partial charge in [-0.1, -0.05) is 37.6 Å². The number of nitrogens with zero attached hydrogens (tertiary/aromatic N) is 2. The Kier molecular flexibility index (Phi) is 7.23. The van der Waals surface area contributed by atoms with Crippen molar-refractivity contribution in [2.45, 2.75) is 39.5 Å². The first-order valence-electron chi connectivity index (χ1n) is 13.0. The Balaban J connectivity index is 1.39. The average molecular weight is 526 g/mol. The predicted octanol–water partition coefficient (Wildman–Crippen LogP) is 5.70. The SMILES string of the molecule is CCCS(=O)(=O)N(CCc1ccccc1F)C[C@H]1CCC2=C1[C@@H](C)C1=CNN(c3ccc(F)cc3)C1=C2. The molecular weight excluding hydrogens is 492 g/mol. The number of hydrogen-bond donors (Lipinski definition) is 1. The van der Waals surface area contributed by atoms with Crippen molar-refractivity contribution in [2.75, 3.05) is 23.9 Å². The van der Waals surface area contributed by atoms with Gasteiger partial charge in [0, 0.05) is 30.8 Å². The lowest BCUT2D eigenvalue weighted by Crippen LogP contribution is -2.39. The summed E-state index contributed by atoms with van der Waals surface area (Å²) in [6, 6.07) is 13.0. The van der Waals surface area contributed by atoms with E-state index in [0.717, 1.165) is 29.8 Å². The molecular formula is C29H33F2N3O2S. The fourth-order valence-corrected chi connectivity index (χ4v) is 7.38. The number of rotatable bonds is 9. The molecule has 2 aliphatic carbocycles. The van der Waals surface area contributed by atoms with Gasteiger partial charge in [-0.3, -0.25) is 5.01 Å². The van der Waals surface area contributed by atoms with Crippen LogP contribution in [0.15, 0.2) is 83.2 Å². The van der Waals surface area contributed by atoms with Gasteiger partial charge < -0.3 is 5.43 Å². The third-order valence-electron chi connectivity index (χ3n) is 7.66. The van der Waals surface area contributed by atoms with Crippen molar-refractivity contribution in [2.24, 2.45) is 11.8 Å². The number of hydrogen-bond acceptors (Lipinski definition) is 4. The molecule has 2 atom stereocenters. The van der Waals surface area contributed by atoms with Gasteiger partial charge in [0.1, 0.15) is 11.6 Å². The summed E-state index contributed by atoms with van der Waals surface area (Å²) in [5.74, 6) is -0.252. The fourth-order valence-electron chi connectivity index (χ4n) is 5.83. The Morgan fingerprint density at radius 1 is 1.11 bits per heavy atom. The largest absolute Gasteiger partial charge is 0.301 e. The fraction of sp³-hybridized carbons (Fsp3) is 0.379. The van der Waals surface area contributed by atoms with Crippen molar-refractivity contribution in [1.82, 2.24) is 9.73 Å². The Labute approximate surface area is 218 Å². The van der Waals surface area contributed by atoms with E-state index in [1.807, 2.05) is 18.1 Å². The first-order valence-corrected chi connectivity index (χ1v) is 14.6. The van der Waals surface area contributed by atoms with E-state index in [1.54, 1.807) is 34.6 Å². The summed E-state index contributed by atoms with van der Waals surface area (Å²) in [5, 5.41) is 1.97. The Bertz CT molecular complexity index is 1370. The second-order valence-electron chi connectivity index (χ2n) is 10.0. The highest BCUT2D eigenvalue weighted by atomic mass is 32.2. The van der Waals surface area contributed by atoms with E-state index < -0.39 is 10.0 Å². The van der Waals surface area contributed by atoms with Crippen LogP contribution >= 0.6 is 0 Å². The van der Waals surface area contributed by atoms with Crippen LogP contribution in [0.1, 0.15) is 38.7 Å². The summed E-state index contributed by atoms with van der Waals surface area (Å²) in [6.07, 6.45) is 6.83. The van der Waals surface area contributed by atoms with Gasteiger partial charge in [-0.25, -0.2) is 21.5 Å². The molecule has 5 rings (SSSR count). The minimum Gasteiger partial charge on any atom is -0.301 e. The maximum atomic E-state index is 14.2. The van der Waals surface area contributed by atoms with E-state index in [-0.39, 0.29) is 35.8 Å². The minimum absolute atomic E-state index is 0.0875. The van der Waals surface area contributed by atoms with Crippen LogP contribution in [0.4, 0.5) is 14.5 Å². The van der Waals surface area contributed by atoms with Crippen LogP contribution in [-0.2, 0) is 16.4 Å². The van der Waals surface area contributed by atoms with Crippen molar-refractivity contribution in [3.63, 3.8) is 0 Å². The number of allylic oxidation sites excluding steroid dienone is 3. The summed E-state index contributed by atoms with van der Waals surface area (Å²) < 4.78 is 55.7. The molecule has 0 saturated carbocycles. The Morgan fingerprint density at radius 3 is 2.59 bits per heavy atom. The lowest BCUT2D eigenvalue weighted by atomic mass is 9.80. The summed E-state index contributed by atoms with van der Waals surface area (Å²) in [7, 11) is -3.46. The third kappa shape index (κ3) is 5.09. The number of sulfonamides is 1. The third-order valence-corrected chi connectivity index (χ3v) is 9.70. The van der Waals surface area contributed by atoms with E-state index >= 15 is 0 Å². The summed E-state index contributed by atoms with van der Waals surface area (Å²) in [4.78, 5) is 0. The number of nitrogens with one attached hydrogen (secondary N) is 1. The molecule has 3 aliphatic rings. The Morgan fingerprint density at radius 2 is 1.86 bits per heavy atom. The van der Waals surface area contributed by atoms with Crippen molar-refractivity contribution in [3.05, 3.63) is 100 Å². The molecule has 0 saturated heterocycles. The second-order valence-corrected chi connectivity index (χ2v) is 12.1. The topological polar surface area (TPSA) is 52.7 Å². The van der Waals surface area contributed by atoms with Crippen molar-refractivity contribution >= 4 is 15.7 Å². The van der Waals surface area contributed by atoms with Gasteiger partial charge in [0.25, 0.3) is 0 Å². The van der Waals surface area contributed by atoms with Gasteiger partial charge >= 0.3 is 0 Å². The maximum absolute atomic E-state index is 14.2. The summed E-state index contributed by atoms with van der Waals surface area (Å²) >= 11 is 0. The molecule has 8 heteroatoms. The average Bonchev–Trinajstić information content (AvgIpc) is 3.48. The molecule has 0 bridgehead atoms. The molecule has 1 N–H and O–H groups in total. The van der Waals surface area contributed by atoms with Crippen LogP contribution in [0.3, 0.4) is 0 Å². The van der Waals surface area contributed by atoms with E-state index in [9.17, 15) is 17.2 Å². The highest BCUT2D eigenvalue weighted by molar-refractivity contribution is 7.89. The highest BCUT2D eigenvalue weighted by Gasteiger charge is 2.39. The molecule has 1 heterocycles. The predicted molar refractivity (Wildman–Crippen MR) is 143 cm³/mol. The lowest BCUT2D eigenvalue weighted by Gasteiger charge is -2.32. The zero-order valence-corrected chi connectivity index (χ0v) is 22.1. The molecule has 0 amide bonds. The van der Waals surface area contributed by atoms with E-state index in [4.69, 9.17) is 0 Å². The molecule has 2 aromatic rings.